The summed E-state index contributed by atoms with van der Waals surface area (Å²) in [4.78, 5) is 34.9. The molecule has 1 aliphatic carbocycles. The monoisotopic (exact) mass is 375 g/mol. The predicted molar refractivity (Wildman–Crippen MR) is 101 cm³/mol. The van der Waals surface area contributed by atoms with Crippen molar-refractivity contribution < 1.29 is 23.9 Å². The van der Waals surface area contributed by atoms with E-state index in [9.17, 15) is 14.4 Å². The number of benzene rings is 1. The number of carbonyl (C=O) groups excluding carboxylic acids is 3. The summed E-state index contributed by atoms with van der Waals surface area (Å²) < 4.78 is 9.67. The third kappa shape index (κ3) is 7.81. The number of ether oxygens (including phenoxy) is 2. The van der Waals surface area contributed by atoms with E-state index in [1.54, 1.807) is 24.3 Å². The molecule has 1 aliphatic rings. The minimum Gasteiger partial charge on any atom is -0.465 e. The van der Waals surface area contributed by atoms with Crippen molar-refractivity contribution in [1.29, 1.82) is 0 Å². The number of esters is 2. The molecule has 0 bridgehead atoms. The highest BCUT2D eigenvalue weighted by Gasteiger charge is 2.14. The number of hydrogen-bond acceptors (Lipinski definition) is 5. The molecule has 1 N–H and O–H groups in total. The molecular weight excluding hydrogens is 346 g/mol. The molecule has 1 fully saturated rings. The molecule has 0 radical (unpaired) electrons. The van der Waals surface area contributed by atoms with Gasteiger partial charge in [-0.3, -0.25) is 9.59 Å². The molecule has 27 heavy (non-hydrogen) atoms. The summed E-state index contributed by atoms with van der Waals surface area (Å²) in [6.07, 6.45) is 8.78. The highest BCUT2D eigenvalue weighted by atomic mass is 16.5. The average Bonchev–Trinajstić information content (AvgIpc) is 2.71. The first-order valence-electron chi connectivity index (χ1n) is 9.68. The van der Waals surface area contributed by atoms with Gasteiger partial charge < -0.3 is 14.8 Å². The zero-order chi connectivity index (χ0) is 19.5. The van der Waals surface area contributed by atoms with Crippen molar-refractivity contribution in [1.82, 2.24) is 5.32 Å². The fourth-order valence-electron chi connectivity index (χ4n) is 3.36. The van der Waals surface area contributed by atoms with Gasteiger partial charge in [0.25, 0.3) is 5.91 Å². The van der Waals surface area contributed by atoms with Crippen molar-refractivity contribution in [3.8, 4) is 0 Å². The standard InChI is InChI=1S/C21H29NO5/c1-26-21(25)18-12-10-17(11-13-18)14-22-19(23)15-27-20(24)9-5-8-16-6-3-2-4-7-16/h10-13,16H,2-9,14-15H2,1H3,(H,22,23). The third-order valence-electron chi connectivity index (χ3n) is 4.95. The van der Waals surface area contributed by atoms with Crippen LogP contribution in [0.1, 0.15) is 67.3 Å². The minimum absolute atomic E-state index is 0.261. The lowest BCUT2D eigenvalue weighted by molar-refractivity contribution is -0.148. The van der Waals surface area contributed by atoms with E-state index < -0.39 is 5.97 Å². The van der Waals surface area contributed by atoms with E-state index in [1.165, 1.54) is 39.2 Å². The van der Waals surface area contributed by atoms with Crippen LogP contribution in [0.3, 0.4) is 0 Å². The number of rotatable bonds is 9. The molecule has 1 saturated carbocycles. The Bertz CT molecular complexity index is 620. The maximum Gasteiger partial charge on any atom is 0.337 e. The van der Waals surface area contributed by atoms with Crippen molar-refractivity contribution >= 4 is 17.8 Å². The van der Waals surface area contributed by atoms with Crippen LogP contribution in [-0.4, -0.2) is 31.6 Å². The highest BCUT2D eigenvalue weighted by Crippen LogP contribution is 2.27. The third-order valence-corrected chi connectivity index (χ3v) is 4.95. The molecule has 6 nitrogen and oxygen atoms in total. The quantitative estimate of drug-likeness (QED) is 0.669. The normalized spacial score (nSPS) is 14.4. The van der Waals surface area contributed by atoms with Crippen LogP contribution in [0.5, 0.6) is 0 Å². The maximum atomic E-state index is 11.8. The van der Waals surface area contributed by atoms with E-state index in [4.69, 9.17) is 4.74 Å². The van der Waals surface area contributed by atoms with E-state index in [-0.39, 0.29) is 18.5 Å². The predicted octanol–water partition coefficient (Wildman–Crippen LogP) is 3.38. The van der Waals surface area contributed by atoms with Crippen LogP contribution in [0.15, 0.2) is 24.3 Å². The van der Waals surface area contributed by atoms with Gasteiger partial charge in [-0.1, -0.05) is 44.2 Å². The van der Waals surface area contributed by atoms with E-state index in [2.05, 4.69) is 10.1 Å². The van der Waals surface area contributed by atoms with Gasteiger partial charge in [0, 0.05) is 13.0 Å². The smallest absolute Gasteiger partial charge is 0.337 e. The second-order valence-corrected chi connectivity index (χ2v) is 7.02. The van der Waals surface area contributed by atoms with Gasteiger partial charge >= 0.3 is 11.9 Å². The van der Waals surface area contributed by atoms with Crippen molar-refractivity contribution in [2.75, 3.05) is 13.7 Å². The number of methoxy groups -OCH3 is 1. The zero-order valence-electron chi connectivity index (χ0n) is 16.0. The summed E-state index contributed by atoms with van der Waals surface area (Å²) in [6, 6.07) is 6.76. The molecule has 0 saturated heterocycles. The molecule has 1 amide bonds. The topological polar surface area (TPSA) is 81.7 Å². The number of nitrogens with one attached hydrogen (secondary N) is 1. The van der Waals surface area contributed by atoms with Crippen molar-refractivity contribution in [3.05, 3.63) is 35.4 Å². The Morgan fingerprint density at radius 1 is 1.07 bits per heavy atom. The van der Waals surface area contributed by atoms with E-state index in [0.29, 0.717) is 18.5 Å². The summed E-state index contributed by atoms with van der Waals surface area (Å²) in [7, 11) is 1.33. The van der Waals surface area contributed by atoms with Crippen LogP contribution in [-0.2, 0) is 25.6 Å². The molecule has 2 rings (SSSR count). The van der Waals surface area contributed by atoms with E-state index in [0.717, 1.165) is 24.3 Å². The average molecular weight is 375 g/mol. The molecule has 0 aromatic heterocycles. The first-order chi connectivity index (χ1) is 13.1. The molecule has 1 aromatic carbocycles. The number of hydrogen-bond donors (Lipinski definition) is 1. The molecule has 0 atom stereocenters. The molecule has 0 aliphatic heterocycles. The lowest BCUT2D eigenvalue weighted by atomic mass is 9.86. The Labute approximate surface area is 160 Å². The van der Waals surface area contributed by atoms with Gasteiger partial charge in [0.15, 0.2) is 6.61 Å². The summed E-state index contributed by atoms with van der Waals surface area (Å²) >= 11 is 0. The van der Waals surface area contributed by atoms with E-state index >= 15 is 0 Å². The molecule has 0 heterocycles. The summed E-state index contributed by atoms with van der Waals surface area (Å²) in [5.41, 5.74) is 1.30. The fraction of sp³-hybridized carbons (Fsp3) is 0.571. The van der Waals surface area contributed by atoms with Gasteiger partial charge in [0.05, 0.1) is 12.7 Å². The largest absolute Gasteiger partial charge is 0.465 e. The van der Waals surface area contributed by atoms with Crippen LogP contribution in [0.25, 0.3) is 0 Å². The van der Waals surface area contributed by atoms with Crippen LogP contribution in [0, 0.1) is 5.92 Å². The Hall–Kier alpha value is -2.37. The van der Waals surface area contributed by atoms with Crippen LogP contribution < -0.4 is 5.32 Å². The SMILES string of the molecule is COC(=O)c1ccc(CNC(=O)COC(=O)CCCC2CCCCC2)cc1. The highest BCUT2D eigenvalue weighted by molar-refractivity contribution is 5.89. The summed E-state index contributed by atoms with van der Waals surface area (Å²) in [5, 5.41) is 2.69. The Morgan fingerprint density at radius 2 is 1.78 bits per heavy atom. The van der Waals surface area contributed by atoms with Gasteiger partial charge in [-0.2, -0.15) is 0 Å². The molecular formula is C21H29NO5. The van der Waals surface area contributed by atoms with Gasteiger partial charge in [0.2, 0.25) is 0 Å². The second-order valence-electron chi connectivity index (χ2n) is 7.02. The van der Waals surface area contributed by atoms with Crippen molar-refractivity contribution in [2.24, 2.45) is 5.92 Å². The Kier molecular flexibility index (Phi) is 8.81. The van der Waals surface area contributed by atoms with Crippen molar-refractivity contribution in [3.63, 3.8) is 0 Å². The first kappa shape index (κ1) is 20.9. The van der Waals surface area contributed by atoms with E-state index in [1.807, 2.05) is 0 Å². The minimum atomic E-state index is -0.402. The molecule has 0 unspecified atom stereocenters. The summed E-state index contributed by atoms with van der Waals surface area (Å²) in [5.74, 6) is -0.308. The molecule has 0 spiro atoms. The Balaban J connectivity index is 1.58. The van der Waals surface area contributed by atoms with Crippen LogP contribution in [0.2, 0.25) is 0 Å². The number of carbonyl (C=O) groups is 3. The lowest BCUT2D eigenvalue weighted by Gasteiger charge is -2.20. The Morgan fingerprint density at radius 3 is 2.44 bits per heavy atom. The van der Waals surface area contributed by atoms with Crippen LogP contribution >= 0.6 is 0 Å². The van der Waals surface area contributed by atoms with Crippen LogP contribution in [0.4, 0.5) is 0 Å². The first-order valence-corrected chi connectivity index (χ1v) is 9.68. The fourth-order valence-corrected chi connectivity index (χ4v) is 3.36. The van der Waals surface area contributed by atoms with Crippen molar-refractivity contribution in [2.45, 2.75) is 57.9 Å². The molecule has 1 aromatic rings. The molecule has 6 heteroatoms. The van der Waals surface area contributed by atoms with Gasteiger partial charge in [0.1, 0.15) is 0 Å². The zero-order valence-corrected chi connectivity index (χ0v) is 16.0. The lowest BCUT2D eigenvalue weighted by Crippen LogP contribution is -2.28. The molecule has 148 valence electrons. The summed E-state index contributed by atoms with van der Waals surface area (Å²) in [6.45, 7) is 0.0437. The number of amides is 1. The maximum absolute atomic E-state index is 11.8. The second kappa shape index (κ2) is 11.4. The van der Waals surface area contributed by atoms with Gasteiger partial charge in [-0.25, -0.2) is 4.79 Å². The van der Waals surface area contributed by atoms with Gasteiger partial charge in [-0.05, 0) is 36.5 Å². The van der Waals surface area contributed by atoms with Gasteiger partial charge in [-0.15, -0.1) is 0 Å².